The Balaban J connectivity index is 1.19. The Kier molecular flexibility index (Phi) is 6.86. The van der Waals surface area contributed by atoms with Gasteiger partial charge in [-0.3, -0.25) is 0 Å². The van der Waals surface area contributed by atoms with E-state index in [2.05, 4.69) is 157 Å². The van der Waals surface area contributed by atoms with Gasteiger partial charge in [-0.1, -0.05) is 109 Å². The van der Waals surface area contributed by atoms with E-state index in [0.717, 1.165) is 55.3 Å². The maximum atomic E-state index is 5.27. The van der Waals surface area contributed by atoms with Gasteiger partial charge in [0.1, 0.15) is 0 Å². The summed E-state index contributed by atoms with van der Waals surface area (Å²) < 4.78 is 4.93. The summed E-state index contributed by atoms with van der Waals surface area (Å²) in [6.45, 7) is 2.14. The molecule has 0 N–H and O–H groups in total. The molecule has 7 aromatic carbocycles. The third kappa shape index (κ3) is 5.01. The predicted molar refractivity (Wildman–Crippen MR) is 214 cm³/mol. The first kappa shape index (κ1) is 29.5. The number of benzene rings is 7. The molecule has 0 aliphatic rings. The van der Waals surface area contributed by atoms with Crippen molar-refractivity contribution in [2.24, 2.45) is 0 Å². The molecule has 0 saturated heterocycles. The lowest BCUT2D eigenvalue weighted by Crippen LogP contribution is -2.01. The summed E-state index contributed by atoms with van der Waals surface area (Å²) in [5.74, 6) is 1.94. The number of rotatable bonds is 5. The maximum Gasteiger partial charge on any atom is 0.164 e. The first-order chi connectivity index (χ1) is 25.2. The number of fused-ring (bicyclic) bond motifs is 6. The van der Waals surface area contributed by atoms with Gasteiger partial charge in [-0.25, -0.2) is 15.0 Å². The summed E-state index contributed by atoms with van der Waals surface area (Å²) in [6.07, 6.45) is 0. The minimum absolute atomic E-state index is 0.647. The van der Waals surface area contributed by atoms with Gasteiger partial charge in [-0.2, -0.15) is 0 Å². The van der Waals surface area contributed by atoms with Gasteiger partial charge in [0.2, 0.25) is 0 Å². The average molecular weight is 671 g/mol. The Labute approximate surface area is 299 Å². The van der Waals surface area contributed by atoms with Gasteiger partial charge >= 0.3 is 0 Å². The molecule has 0 radical (unpaired) electrons. The lowest BCUT2D eigenvalue weighted by atomic mass is 9.98. The van der Waals surface area contributed by atoms with Crippen LogP contribution in [0, 0.1) is 6.92 Å². The Morgan fingerprint density at radius 3 is 1.92 bits per heavy atom. The Morgan fingerprint density at radius 1 is 0.431 bits per heavy atom. The lowest BCUT2D eigenvalue weighted by molar-refractivity contribution is 1.08. The van der Waals surface area contributed by atoms with Crippen LogP contribution in [0.25, 0.3) is 93.0 Å². The van der Waals surface area contributed by atoms with Crippen molar-refractivity contribution in [3.63, 3.8) is 0 Å². The quantitative estimate of drug-likeness (QED) is 0.183. The van der Waals surface area contributed by atoms with Crippen LogP contribution in [0.2, 0.25) is 0 Å². The summed E-state index contributed by atoms with van der Waals surface area (Å²) in [5, 5.41) is 4.86. The molecule has 0 atom stereocenters. The Morgan fingerprint density at radius 2 is 1.08 bits per heavy atom. The van der Waals surface area contributed by atoms with E-state index in [0.29, 0.717) is 17.5 Å². The summed E-state index contributed by atoms with van der Waals surface area (Å²) in [6, 6.07) is 57.9. The third-order valence-electron chi connectivity index (χ3n) is 9.67. The van der Waals surface area contributed by atoms with E-state index in [1.807, 2.05) is 29.5 Å². The largest absolute Gasteiger partial charge is 0.309 e. The molecule has 0 aliphatic heterocycles. The lowest BCUT2D eigenvalue weighted by Gasteiger charge is -2.12. The van der Waals surface area contributed by atoms with Crippen LogP contribution in [0.1, 0.15) is 5.56 Å². The van der Waals surface area contributed by atoms with Gasteiger partial charge in [0, 0.05) is 53.3 Å². The van der Waals surface area contributed by atoms with Crippen LogP contribution in [0.15, 0.2) is 164 Å². The maximum absolute atomic E-state index is 5.27. The summed E-state index contributed by atoms with van der Waals surface area (Å²) >= 11 is 1.84. The van der Waals surface area contributed by atoms with Crippen molar-refractivity contribution in [1.82, 2.24) is 19.5 Å². The molecule has 0 saturated carbocycles. The van der Waals surface area contributed by atoms with Crippen molar-refractivity contribution in [1.29, 1.82) is 0 Å². The zero-order chi connectivity index (χ0) is 33.9. The number of para-hydroxylation sites is 2. The number of thiophene rings is 1. The second-order valence-corrected chi connectivity index (χ2v) is 14.0. The molecule has 0 fully saturated rings. The van der Waals surface area contributed by atoms with E-state index < -0.39 is 0 Å². The molecule has 0 spiro atoms. The number of nitrogens with zero attached hydrogens (tertiary/aromatic N) is 4. The van der Waals surface area contributed by atoms with Crippen LogP contribution >= 0.6 is 11.3 Å². The van der Waals surface area contributed by atoms with Crippen LogP contribution in [0.4, 0.5) is 0 Å². The molecular formula is C46H30N4S. The average Bonchev–Trinajstić information content (AvgIpc) is 3.74. The molecule has 3 heterocycles. The minimum Gasteiger partial charge on any atom is -0.309 e. The first-order valence-electron chi connectivity index (χ1n) is 17.1. The number of hydrogen-bond acceptors (Lipinski definition) is 4. The van der Waals surface area contributed by atoms with E-state index in [1.54, 1.807) is 0 Å². The molecule has 0 aliphatic carbocycles. The molecule has 0 bridgehead atoms. The van der Waals surface area contributed by atoms with Crippen molar-refractivity contribution in [3.8, 4) is 51.0 Å². The zero-order valence-electron chi connectivity index (χ0n) is 27.8. The monoisotopic (exact) mass is 670 g/mol. The smallest absolute Gasteiger partial charge is 0.164 e. The minimum atomic E-state index is 0.647. The highest BCUT2D eigenvalue weighted by atomic mass is 32.1. The molecule has 240 valence electrons. The molecular weight excluding hydrogens is 641 g/mol. The predicted octanol–water partition coefficient (Wildman–Crippen LogP) is 12.3. The van der Waals surface area contributed by atoms with Gasteiger partial charge in [-0.05, 0) is 78.2 Å². The topological polar surface area (TPSA) is 43.6 Å². The van der Waals surface area contributed by atoms with Crippen LogP contribution in [0.5, 0.6) is 0 Å². The van der Waals surface area contributed by atoms with Gasteiger partial charge in [0.05, 0.1) is 11.0 Å². The zero-order valence-corrected chi connectivity index (χ0v) is 28.6. The van der Waals surface area contributed by atoms with Crippen molar-refractivity contribution >= 4 is 53.3 Å². The highest BCUT2D eigenvalue weighted by molar-refractivity contribution is 7.25. The third-order valence-corrected chi connectivity index (χ3v) is 10.8. The Hall–Kier alpha value is -6.43. The standard InChI is InChI=1S/C46H30N4S/c1-29-25-32(31-23-24-42-38(28-31)35-17-9-11-22-41(35)51-42)27-33(26-29)45-47-44(30-13-4-2-5-14-30)48-46(49-45)37-19-12-21-40-43(37)36-18-8-10-20-39(36)50(40)34-15-6-3-7-16-34/h2-28H,1H3. The van der Waals surface area contributed by atoms with Crippen molar-refractivity contribution in [3.05, 3.63) is 169 Å². The second kappa shape index (κ2) is 11.9. The second-order valence-electron chi connectivity index (χ2n) is 13.0. The van der Waals surface area contributed by atoms with E-state index in [4.69, 9.17) is 15.0 Å². The molecule has 10 rings (SSSR count). The molecule has 5 heteroatoms. The van der Waals surface area contributed by atoms with Crippen LogP contribution < -0.4 is 0 Å². The van der Waals surface area contributed by atoms with Crippen LogP contribution in [-0.4, -0.2) is 19.5 Å². The molecule has 0 unspecified atom stereocenters. The van der Waals surface area contributed by atoms with Gasteiger partial charge in [0.15, 0.2) is 17.5 Å². The summed E-state index contributed by atoms with van der Waals surface area (Å²) in [4.78, 5) is 15.6. The molecule has 3 aromatic heterocycles. The number of aromatic nitrogens is 4. The first-order valence-corrected chi connectivity index (χ1v) is 17.9. The molecule has 4 nitrogen and oxygen atoms in total. The highest BCUT2D eigenvalue weighted by Gasteiger charge is 2.20. The van der Waals surface area contributed by atoms with Gasteiger partial charge in [0.25, 0.3) is 0 Å². The molecule has 10 aromatic rings. The van der Waals surface area contributed by atoms with E-state index in [1.165, 1.54) is 25.7 Å². The summed E-state index contributed by atoms with van der Waals surface area (Å²) in [7, 11) is 0. The fourth-order valence-corrected chi connectivity index (χ4v) is 8.47. The number of hydrogen-bond donors (Lipinski definition) is 0. The SMILES string of the molecule is Cc1cc(-c2ccc3sc4ccccc4c3c2)cc(-c2nc(-c3ccccc3)nc(-c3cccc4c3c3ccccc3n4-c3ccccc3)n2)c1. The Bertz CT molecular complexity index is 2920. The van der Waals surface area contributed by atoms with Crippen LogP contribution in [-0.2, 0) is 0 Å². The molecule has 0 amide bonds. The summed E-state index contributed by atoms with van der Waals surface area (Å²) in [5.41, 5.74) is 9.70. The molecule has 51 heavy (non-hydrogen) atoms. The van der Waals surface area contributed by atoms with Crippen molar-refractivity contribution in [2.45, 2.75) is 6.92 Å². The van der Waals surface area contributed by atoms with Crippen molar-refractivity contribution < 1.29 is 0 Å². The van der Waals surface area contributed by atoms with Gasteiger partial charge < -0.3 is 4.57 Å². The fourth-order valence-electron chi connectivity index (χ4n) is 7.39. The normalized spacial score (nSPS) is 11.6. The fraction of sp³-hybridized carbons (Fsp3) is 0.0217. The van der Waals surface area contributed by atoms with Crippen LogP contribution in [0.3, 0.4) is 0 Å². The van der Waals surface area contributed by atoms with Gasteiger partial charge in [-0.15, -0.1) is 11.3 Å². The van der Waals surface area contributed by atoms with E-state index >= 15 is 0 Å². The highest BCUT2D eigenvalue weighted by Crippen LogP contribution is 2.40. The van der Waals surface area contributed by atoms with E-state index in [9.17, 15) is 0 Å². The number of aryl methyl sites for hydroxylation is 1. The van der Waals surface area contributed by atoms with E-state index in [-0.39, 0.29) is 0 Å². The van der Waals surface area contributed by atoms with Crippen molar-refractivity contribution in [2.75, 3.05) is 0 Å².